The normalized spacial score (nSPS) is 11.2. The second-order valence-corrected chi connectivity index (χ2v) is 3.21. The monoisotopic (exact) mass is 170 g/mol. The maximum Gasteiger partial charge on any atom is 0.0612 e. The molecule has 1 N–H and O–H groups in total. The van der Waals surface area contributed by atoms with Gasteiger partial charge in [0.25, 0.3) is 0 Å². The quantitative estimate of drug-likeness (QED) is 0.438. The first-order chi connectivity index (χ1) is 5.91. The predicted molar refractivity (Wildman–Crippen MR) is 54.2 cm³/mol. The van der Waals surface area contributed by atoms with Gasteiger partial charge in [-0.3, -0.25) is 0 Å². The predicted octanol–water partition coefficient (Wildman–Crippen LogP) is 3.29. The van der Waals surface area contributed by atoms with E-state index >= 15 is 0 Å². The van der Waals surface area contributed by atoms with Gasteiger partial charge in [-0.15, -0.1) is 0 Å². The summed E-state index contributed by atoms with van der Waals surface area (Å²) in [5.41, 5.74) is 0. The van der Waals surface area contributed by atoms with Gasteiger partial charge >= 0.3 is 0 Å². The summed E-state index contributed by atoms with van der Waals surface area (Å²) in [7, 11) is 0. The lowest BCUT2D eigenvalue weighted by molar-refractivity contribution is 0.342. The maximum absolute atomic E-state index is 8.45. The smallest absolute Gasteiger partial charge is 0.0612 e. The number of aliphatic hydroxyl groups is 1. The minimum atomic E-state index is 0.190. The standard InChI is InChI=1S/C11H22O/c1-2-3-4-5-6-7-8-9-10-11-12/h9-10,12H,2-8,11H2,1H3/b10-9+. The number of unbranched alkanes of at least 4 members (excludes halogenated alkanes) is 6. The lowest BCUT2D eigenvalue weighted by Crippen LogP contribution is -1.78. The molecule has 0 atom stereocenters. The fourth-order valence-electron chi connectivity index (χ4n) is 1.23. The molecule has 0 rings (SSSR count). The molecular formula is C11H22O. The van der Waals surface area contributed by atoms with Crippen molar-refractivity contribution in [2.24, 2.45) is 0 Å². The number of hydrogen-bond donors (Lipinski definition) is 1. The van der Waals surface area contributed by atoms with E-state index in [1.165, 1.54) is 38.5 Å². The average molecular weight is 170 g/mol. The first kappa shape index (κ1) is 11.7. The minimum absolute atomic E-state index is 0.190. The van der Waals surface area contributed by atoms with Crippen LogP contribution in [0, 0.1) is 0 Å². The Hall–Kier alpha value is -0.300. The zero-order valence-corrected chi connectivity index (χ0v) is 8.26. The Morgan fingerprint density at radius 3 is 2.25 bits per heavy atom. The minimum Gasteiger partial charge on any atom is -0.392 e. The highest BCUT2D eigenvalue weighted by Crippen LogP contribution is 2.06. The van der Waals surface area contributed by atoms with Crippen molar-refractivity contribution in [3.05, 3.63) is 12.2 Å². The van der Waals surface area contributed by atoms with Crippen LogP contribution < -0.4 is 0 Å². The van der Waals surface area contributed by atoms with E-state index in [2.05, 4.69) is 13.0 Å². The summed E-state index contributed by atoms with van der Waals surface area (Å²) >= 11 is 0. The highest BCUT2D eigenvalue weighted by molar-refractivity contribution is 4.80. The Balaban J connectivity index is 2.86. The molecule has 0 aromatic heterocycles. The van der Waals surface area contributed by atoms with Crippen molar-refractivity contribution >= 4 is 0 Å². The summed E-state index contributed by atoms with van der Waals surface area (Å²) in [5.74, 6) is 0. The van der Waals surface area contributed by atoms with E-state index in [9.17, 15) is 0 Å². The van der Waals surface area contributed by atoms with Crippen molar-refractivity contribution in [2.75, 3.05) is 6.61 Å². The molecule has 0 bridgehead atoms. The molecule has 0 aromatic carbocycles. The Morgan fingerprint density at radius 1 is 0.917 bits per heavy atom. The molecule has 0 radical (unpaired) electrons. The number of rotatable bonds is 8. The van der Waals surface area contributed by atoms with E-state index in [-0.39, 0.29) is 6.61 Å². The molecule has 0 aromatic rings. The van der Waals surface area contributed by atoms with Crippen molar-refractivity contribution in [1.29, 1.82) is 0 Å². The summed E-state index contributed by atoms with van der Waals surface area (Å²) in [6.07, 6.45) is 13.1. The van der Waals surface area contributed by atoms with Crippen LogP contribution in [0.1, 0.15) is 51.9 Å². The zero-order chi connectivity index (χ0) is 9.07. The van der Waals surface area contributed by atoms with Crippen LogP contribution in [-0.4, -0.2) is 11.7 Å². The Bertz CT molecular complexity index is 97.2. The molecule has 0 aliphatic rings. The van der Waals surface area contributed by atoms with Gasteiger partial charge < -0.3 is 5.11 Å². The SMILES string of the molecule is CCCCCCCC/C=C/CO. The van der Waals surface area contributed by atoms with Gasteiger partial charge in [-0.1, -0.05) is 51.2 Å². The van der Waals surface area contributed by atoms with E-state index in [0.29, 0.717) is 0 Å². The summed E-state index contributed by atoms with van der Waals surface area (Å²) < 4.78 is 0. The van der Waals surface area contributed by atoms with Gasteiger partial charge in [-0.2, -0.15) is 0 Å². The van der Waals surface area contributed by atoms with Crippen LogP contribution in [-0.2, 0) is 0 Å². The van der Waals surface area contributed by atoms with Crippen molar-refractivity contribution in [1.82, 2.24) is 0 Å². The Kier molecular flexibility index (Phi) is 10.4. The average Bonchev–Trinajstić information content (AvgIpc) is 2.10. The summed E-state index contributed by atoms with van der Waals surface area (Å²) in [4.78, 5) is 0. The van der Waals surface area contributed by atoms with E-state index in [1.807, 2.05) is 6.08 Å². The molecule has 0 unspecified atom stereocenters. The number of allylic oxidation sites excluding steroid dienone is 1. The molecule has 0 spiro atoms. The summed E-state index contributed by atoms with van der Waals surface area (Å²) in [5, 5.41) is 8.45. The number of aliphatic hydroxyl groups excluding tert-OH is 1. The molecule has 0 fully saturated rings. The lowest BCUT2D eigenvalue weighted by Gasteiger charge is -1.97. The van der Waals surface area contributed by atoms with Crippen LogP contribution in [0.5, 0.6) is 0 Å². The fourth-order valence-corrected chi connectivity index (χ4v) is 1.23. The van der Waals surface area contributed by atoms with Gasteiger partial charge in [0.1, 0.15) is 0 Å². The van der Waals surface area contributed by atoms with Crippen molar-refractivity contribution in [2.45, 2.75) is 51.9 Å². The molecule has 0 aliphatic carbocycles. The third kappa shape index (κ3) is 9.70. The zero-order valence-electron chi connectivity index (χ0n) is 8.26. The largest absolute Gasteiger partial charge is 0.392 e. The van der Waals surface area contributed by atoms with E-state index in [1.54, 1.807) is 0 Å². The maximum atomic E-state index is 8.45. The van der Waals surface area contributed by atoms with Gasteiger partial charge in [-0.05, 0) is 12.8 Å². The van der Waals surface area contributed by atoms with E-state index < -0.39 is 0 Å². The highest BCUT2D eigenvalue weighted by Gasteiger charge is 1.87. The topological polar surface area (TPSA) is 20.2 Å². The first-order valence-corrected chi connectivity index (χ1v) is 5.17. The van der Waals surface area contributed by atoms with Gasteiger partial charge in [0.15, 0.2) is 0 Å². The van der Waals surface area contributed by atoms with Crippen molar-refractivity contribution < 1.29 is 5.11 Å². The van der Waals surface area contributed by atoms with E-state index in [0.717, 1.165) is 6.42 Å². The second-order valence-electron chi connectivity index (χ2n) is 3.21. The van der Waals surface area contributed by atoms with Gasteiger partial charge in [0, 0.05) is 0 Å². The fraction of sp³-hybridized carbons (Fsp3) is 0.818. The molecule has 72 valence electrons. The van der Waals surface area contributed by atoms with Crippen molar-refractivity contribution in [3.63, 3.8) is 0 Å². The van der Waals surface area contributed by atoms with Crippen LogP contribution in [0.2, 0.25) is 0 Å². The molecule has 1 nitrogen and oxygen atoms in total. The van der Waals surface area contributed by atoms with Gasteiger partial charge in [0.05, 0.1) is 6.61 Å². The van der Waals surface area contributed by atoms with Crippen LogP contribution in [0.4, 0.5) is 0 Å². The molecule has 12 heavy (non-hydrogen) atoms. The first-order valence-electron chi connectivity index (χ1n) is 5.17. The highest BCUT2D eigenvalue weighted by atomic mass is 16.2. The third-order valence-electron chi connectivity index (χ3n) is 2.00. The third-order valence-corrected chi connectivity index (χ3v) is 2.00. The number of hydrogen-bond acceptors (Lipinski definition) is 1. The van der Waals surface area contributed by atoms with Crippen molar-refractivity contribution in [3.8, 4) is 0 Å². The molecule has 1 heteroatoms. The van der Waals surface area contributed by atoms with Crippen LogP contribution >= 0.6 is 0 Å². The molecule has 0 saturated heterocycles. The lowest BCUT2D eigenvalue weighted by atomic mass is 10.1. The van der Waals surface area contributed by atoms with Gasteiger partial charge in [-0.25, -0.2) is 0 Å². The van der Waals surface area contributed by atoms with Crippen LogP contribution in [0.15, 0.2) is 12.2 Å². The molecule has 0 amide bonds. The van der Waals surface area contributed by atoms with Crippen LogP contribution in [0.3, 0.4) is 0 Å². The Morgan fingerprint density at radius 2 is 1.58 bits per heavy atom. The molecule has 0 heterocycles. The summed E-state index contributed by atoms with van der Waals surface area (Å²) in [6.45, 7) is 2.43. The van der Waals surface area contributed by atoms with Crippen LogP contribution in [0.25, 0.3) is 0 Å². The molecular weight excluding hydrogens is 148 g/mol. The summed E-state index contributed by atoms with van der Waals surface area (Å²) in [6, 6.07) is 0. The van der Waals surface area contributed by atoms with E-state index in [4.69, 9.17) is 5.11 Å². The van der Waals surface area contributed by atoms with Gasteiger partial charge in [0.2, 0.25) is 0 Å². The second kappa shape index (κ2) is 10.7. The Labute approximate surface area is 76.5 Å². The molecule has 0 aliphatic heterocycles. The molecule has 0 saturated carbocycles.